The lowest BCUT2D eigenvalue weighted by molar-refractivity contribution is 1.11. The summed E-state index contributed by atoms with van der Waals surface area (Å²) in [6.45, 7) is 2.09. The first-order chi connectivity index (χ1) is 10.2. The fraction of sp³-hybridized carbons (Fsp3) is 0.167. The molecule has 0 spiro atoms. The highest BCUT2D eigenvalue weighted by atomic mass is 35.5. The molecule has 2 nitrogen and oxygen atoms in total. The molecular formula is C18H17ClN2. The van der Waals surface area contributed by atoms with Crippen molar-refractivity contribution in [1.82, 2.24) is 4.98 Å². The number of benzene rings is 2. The number of para-hydroxylation sites is 1. The van der Waals surface area contributed by atoms with E-state index in [9.17, 15) is 0 Å². The van der Waals surface area contributed by atoms with Crippen molar-refractivity contribution in [2.45, 2.75) is 12.8 Å². The van der Waals surface area contributed by atoms with Gasteiger partial charge in [0.15, 0.2) is 0 Å². The Labute approximate surface area is 130 Å². The van der Waals surface area contributed by atoms with Crippen molar-refractivity contribution in [2.24, 2.45) is 0 Å². The summed E-state index contributed by atoms with van der Waals surface area (Å²) in [7, 11) is 2.03. The van der Waals surface area contributed by atoms with Crippen molar-refractivity contribution in [1.29, 1.82) is 0 Å². The quantitative estimate of drug-likeness (QED) is 0.629. The molecule has 1 heterocycles. The molecule has 3 heteroatoms. The van der Waals surface area contributed by atoms with E-state index in [1.807, 2.05) is 25.2 Å². The van der Waals surface area contributed by atoms with Gasteiger partial charge in [0.25, 0.3) is 0 Å². The summed E-state index contributed by atoms with van der Waals surface area (Å²) in [4.78, 5) is 6.87. The standard InChI is InChI=1S/C18H17ClN2/c1-13-7-9-16(10-8-13)21(2)18-15(12-19)11-14-5-3-4-6-17(14)20-18/h3-11H,12H2,1-2H3. The Hall–Kier alpha value is -2.06. The van der Waals surface area contributed by atoms with E-state index in [4.69, 9.17) is 16.6 Å². The third-order valence-corrected chi connectivity index (χ3v) is 3.95. The number of hydrogen-bond donors (Lipinski definition) is 0. The lowest BCUT2D eigenvalue weighted by atomic mass is 10.1. The van der Waals surface area contributed by atoms with Crippen LogP contribution in [0.25, 0.3) is 10.9 Å². The van der Waals surface area contributed by atoms with Gasteiger partial charge < -0.3 is 4.90 Å². The fourth-order valence-electron chi connectivity index (χ4n) is 2.43. The summed E-state index contributed by atoms with van der Waals surface area (Å²) in [5.41, 5.74) is 4.38. The molecule has 2 aromatic carbocycles. The van der Waals surface area contributed by atoms with Gasteiger partial charge >= 0.3 is 0 Å². The van der Waals surface area contributed by atoms with E-state index in [2.05, 4.69) is 48.2 Å². The van der Waals surface area contributed by atoms with E-state index in [-0.39, 0.29) is 0 Å². The molecule has 1 aromatic heterocycles. The molecule has 21 heavy (non-hydrogen) atoms. The van der Waals surface area contributed by atoms with Gasteiger partial charge in [0, 0.05) is 23.7 Å². The maximum atomic E-state index is 6.12. The molecule has 0 saturated carbocycles. The van der Waals surface area contributed by atoms with Gasteiger partial charge in [-0.25, -0.2) is 4.98 Å². The van der Waals surface area contributed by atoms with Gasteiger partial charge in [-0.1, -0.05) is 35.9 Å². The molecule has 0 aliphatic carbocycles. The van der Waals surface area contributed by atoms with Crippen LogP contribution in [0.1, 0.15) is 11.1 Å². The number of rotatable bonds is 3. The highest BCUT2D eigenvalue weighted by molar-refractivity contribution is 6.17. The molecule has 0 aliphatic heterocycles. The molecule has 0 N–H and O–H groups in total. The summed E-state index contributed by atoms with van der Waals surface area (Å²) in [5.74, 6) is 1.36. The summed E-state index contributed by atoms with van der Waals surface area (Å²) in [6.07, 6.45) is 0. The average molecular weight is 297 g/mol. The van der Waals surface area contributed by atoms with Crippen LogP contribution in [-0.2, 0) is 5.88 Å². The molecule has 3 aromatic rings. The normalized spacial score (nSPS) is 10.8. The van der Waals surface area contributed by atoms with Gasteiger partial charge in [0.05, 0.1) is 11.4 Å². The van der Waals surface area contributed by atoms with Gasteiger partial charge in [0.2, 0.25) is 0 Å². The lowest BCUT2D eigenvalue weighted by Gasteiger charge is -2.21. The molecular weight excluding hydrogens is 280 g/mol. The maximum absolute atomic E-state index is 6.12. The predicted molar refractivity (Wildman–Crippen MR) is 90.5 cm³/mol. The topological polar surface area (TPSA) is 16.1 Å². The molecule has 0 amide bonds. The molecule has 0 saturated heterocycles. The highest BCUT2D eigenvalue weighted by Crippen LogP contribution is 2.29. The molecule has 0 fully saturated rings. The van der Waals surface area contributed by atoms with Crippen LogP contribution in [0.4, 0.5) is 11.5 Å². The third-order valence-electron chi connectivity index (χ3n) is 3.66. The van der Waals surface area contributed by atoms with Gasteiger partial charge in [0.1, 0.15) is 5.82 Å². The highest BCUT2D eigenvalue weighted by Gasteiger charge is 2.12. The number of fused-ring (bicyclic) bond motifs is 1. The largest absolute Gasteiger partial charge is 0.329 e. The second-order valence-corrected chi connectivity index (χ2v) is 5.46. The van der Waals surface area contributed by atoms with Gasteiger partial charge in [-0.05, 0) is 31.2 Å². The zero-order valence-electron chi connectivity index (χ0n) is 12.2. The Bertz CT molecular complexity index is 766. The molecule has 0 radical (unpaired) electrons. The third kappa shape index (κ3) is 2.72. The van der Waals surface area contributed by atoms with Crippen molar-refractivity contribution >= 4 is 34.0 Å². The minimum absolute atomic E-state index is 0.448. The summed E-state index contributed by atoms with van der Waals surface area (Å²) in [5, 5.41) is 1.12. The number of halogens is 1. The summed E-state index contributed by atoms with van der Waals surface area (Å²) < 4.78 is 0. The van der Waals surface area contributed by atoms with E-state index in [1.165, 1.54) is 5.56 Å². The smallest absolute Gasteiger partial charge is 0.137 e. The van der Waals surface area contributed by atoms with Crippen LogP contribution in [0.2, 0.25) is 0 Å². The van der Waals surface area contributed by atoms with E-state index < -0.39 is 0 Å². The first kappa shape index (κ1) is 13.9. The van der Waals surface area contributed by atoms with Gasteiger partial charge in [-0.3, -0.25) is 0 Å². The van der Waals surface area contributed by atoms with Gasteiger partial charge in [-0.15, -0.1) is 11.6 Å². The number of aryl methyl sites for hydroxylation is 1. The van der Waals surface area contributed by atoms with Crippen LogP contribution in [0.5, 0.6) is 0 Å². The fourth-order valence-corrected chi connectivity index (χ4v) is 2.63. The second kappa shape index (κ2) is 5.74. The van der Waals surface area contributed by atoms with Gasteiger partial charge in [-0.2, -0.15) is 0 Å². The Morgan fingerprint density at radius 1 is 1.05 bits per heavy atom. The van der Waals surface area contributed by atoms with E-state index in [1.54, 1.807) is 0 Å². The summed E-state index contributed by atoms with van der Waals surface area (Å²) in [6, 6.07) is 18.6. The second-order valence-electron chi connectivity index (χ2n) is 5.19. The SMILES string of the molecule is Cc1ccc(N(C)c2nc3ccccc3cc2CCl)cc1. The van der Waals surface area contributed by atoms with Crippen molar-refractivity contribution < 1.29 is 0 Å². The zero-order chi connectivity index (χ0) is 14.8. The lowest BCUT2D eigenvalue weighted by Crippen LogP contribution is -2.13. The van der Waals surface area contributed by atoms with Crippen LogP contribution < -0.4 is 4.90 Å². The minimum atomic E-state index is 0.448. The Morgan fingerprint density at radius 2 is 1.76 bits per heavy atom. The van der Waals surface area contributed by atoms with Crippen LogP contribution in [0.15, 0.2) is 54.6 Å². The zero-order valence-corrected chi connectivity index (χ0v) is 12.9. The van der Waals surface area contributed by atoms with Crippen molar-refractivity contribution in [3.8, 4) is 0 Å². The molecule has 0 aliphatic rings. The van der Waals surface area contributed by atoms with Crippen LogP contribution in [0, 0.1) is 6.92 Å². The van der Waals surface area contributed by atoms with Crippen molar-refractivity contribution in [3.63, 3.8) is 0 Å². The number of anilines is 2. The number of pyridine rings is 1. The van der Waals surface area contributed by atoms with Crippen LogP contribution in [0.3, 0.4) is 0 Å². The Morgan fingerprint density at radius 3 is 2.48 bits per heavy atom. The molecule has 3 rings (SSSR count). The molecule has 0 bridgehead atoms. The minimum Gasteiger partial charge on any atom is -0.329 e. The first-order valence-electron chi connectivity index (χ1n) is 6.94. The van der Waals surface area contributed by atoms with E-state index in [0.717, 1.165) is 28.0 Å². The molecule has 0 unspecified atom stereocenters. The Kier molecular flexibility index (Phi) is 3.80. The molecule has 106 valence electrons. The average Bonchev–Trinajstić information content (AvgIpc) is 2.53. The van der Waals surface area contributed by atoms with Crippen molar-refractivity contribution in [2.75, 3.05) is 11.9 Å². The summed E-state index contributed by atoms with van der Waals surface area (Å²) >= 11 is 6.12. The van der Waals surface area contributed by atoms with E-state index >= 15 is 0 Å². The number of hydrogen-bond acceptors (Lipinski definition) is 2. The Balaban J connectivity index is 2.11. The maximum Gasteiger partial charge on any atom is 0.137 e. The van der Waals surface area contributed by atoms with Crippen LogP contribution in [-0.4, -0.2) is 12.0 Å². The monoisotopic (exact) mass is 296 g/mol. The number of alkyl halides is 1. The predicted octanol–water partition coefficient (Wildman–Crippen LogP) is 5.05. The molecule has 0 atom stereocenters. The number of nitrogens with zero attached hydrogens (tertiary/aromatic N) is 2. The van der Waals surface area contributed by atoms with Crippen LogP contribution >= 0.6 is 11.6 Å². The number of aromatic nitrogens is 1. The van der Waals surface area contributed by atoms with Crippen molar-refractivity contribution in [3.05, 3.63) is 65.7 Å². The van der Waals surface area contributed by atoms with E-state index in [0.29, 0.717) is 5.88 Å². The first-order valence-corrected chi connectivity index (χ1v) is 7.47.